The van der Waals surface area contributed by atoms with Crippen LogP contribution in [0.2, 0.25) is 0 Å². The molecule has 1 aromatic carbocycles. The molecule has 0 aliphatic carbocycles. The fraction of sp³-hybridized carbons (Fsp3) is 0.250. The Hall–Kier alpha value is -2.56. The SMILES string of the molecule is COC(=O)Nc1ccc(OCc2ccc(C)cn2)cc1C. The van der Waals surface area contributed by atoms with Crippen LogP contribution in [0, 0.1) is 13.8 Å². The Kier molecular flexibility index (Phi) is 4.77. The van der Waals surface area contributed by atoms with Gasteiger partial charge in [-0.15, -0.1) is 0 Å². The first kappa shape index (κ1) is 14.8. The topological polar surface area (TPSA) is 60.5 Å². The van der Waals surface area contributed by atoms with E-state index in [1.165, 1.54) is 7.11 Å². The molecule has 0 saturated heterocycles. The van der Waals surface area contributed by atoms with Gasteiger partial charge in [-0.3, -0.25) is 10.3 Å². The Morgan fingerprint density at radius 3 is 2.67 bits per heavy atom. The quantitative estimate of drug-likeness (QED) is 0.935. The van der Waals surface area contributed by atoms with Crippen LogP contribution in [-0.2, 0) is 11.3 Å². The number of rotatable bonds is 4. The normalized spacial score (nSPS) is 10.0. The first-order valence-corrected chi connectivity index (χ1v) is 6.58. The minimum absolute atomic E-state index is 0.406. The molecule has 1 amide bonds. The highest BCUT2D eigenvalue weighted by Crippen LogP contribution is 2.22. The number of carbonyl (C=O) groups is 1. The number of methoxy groups -OCH3 is 1. The van der Waals surface area contributed by atoms with Crippen molar-refractivity contribution in [1.29, 1.82) is 0 Å². The van der Waals surface area contributed by atoms with Crippen LogP contribution in [0.15, 0.2) is 36.5 Å². The minimum Gasteiger partial charge on any atom is -0.487 e. The van der Waals surface area contributed by atoms with Crippen molar-refractivity contribution >= 4 is 11.8 Å². The second-order valence-electron chi connectivity index (χ2n) is 4.71. The summed E-state index contributed by atoms with van der Waals surface area (Å²) in [6.45, 7) is 4.29. The number of pyridine rings is 1. The summed E-state index contributed by atoms with van der Waals surface area (Å²) in [4.78, 5) is 15.5. The molecule has 0 saturated carbocycles. The van der Waals surface area contributed by atoms with Gasteiger partial charge in [-0.25, -0.2) is 4.79 Å². The lowest BCUT2D eigenvalue weighted by molar-refractivity contribution is 0.187. The van der Waals surface area contributed by atoms with E-state index in [9.17, 15) is 4.79 Å². The molecule has 0 fully saturated rings. The summed E-state index contributed by atoms with van der Waals surface area (Å²) in [5.41, 5.74) is 3.58. The largest absolute Gasteiger partial charge is 0.487 e. The maximum Gasteiger partial charge on any atom is 0.411 e. The molecule has 0 unspecified atom stereocenters. The molecule has 5 heteroatoms. The number of hydrogen-bond donors (Lipinski definition) is 1. The van der Waals surface area contributed by atoms with Crippen LogP contribution in [0.1, 0.15) is 16.8 Å². The highest BCUT2D eigenvalue weighted by molar-refractivity contribution is 5.85. The molecular formula is C16H18N2O3. The van der Waals surface area contributed by atoms with Crippen LogP contribution in [-0.4, -0.2) is 18.2 Å². The molecule has 1 N–H and O–H groups in total. The van der Waals surface area contributed by atoms with Gasteiger partial charge in [-0.2, -0.15) is 0 Å². The van der Waals surface area contributed by atoms with Crippen LogP contribution < -0.4 is 10.1 Å². The Balaban J connectivity index is 1.99. The minimum atomic E-state index is -0.490. The molecule has 110 valence electrons. The molecular weight excluding hydrogens is 268 g/mol. The maximum atomic E-state index is 11.2. The number of carbonyl (C=O) groups excluding carboxylic acids is 1. The zero-order valence-electron chi connectivity index (χ0n) is 12.3. The summed E-state index contributed by atoms with van der Waals surface area (Å²) in [5.74, 6) is 0.727. The van der Waals surface area contributed by atoms with Crippen LogP contribution in [0.5, 0.6) is 5.75 Å². The standard InChI is InChI=1S/C16H18N2O3/c1-11-4-5-13(17-9-11)10-21-14-6-7-15(12(2)8-14)18-16(19)20-3/h4-9H,10H2,1-3H3,(H,18,19). The van der Waals surface area contributed by atoms with Crippen molar-refractivity contribution in [2.24, 2.45) is 0 Å². The highest BCUT2D eigenvalue weighted by atomic mass is 16.5. The molecule has 21 heavy (non-hydrogen) atoms. The molecule has 2 rings (SSSR count). The number of hydrogen-bond acceptors (Lipinski definition) is 4. The van der Waals surface area contributed by atoms with Crippen molar-refractivity contribution in [1.82, 2.24) is 4.98 Å². The lowest BCUT2D eigenvalue weighted by Gasteiger charge is -2.10. The van der Waals surface area contributed by atoms with E-state index in [0.29, 0.717) is 12.3 Å². The van der Waals surface area contributed by atoms with E-state index in [4.69, 9.17) is 4.74 Å². The van der Waals surface area contributed by atoms with E-state index in [1.807, 2.05) is 38.2 Å². The summed E-state index contributed by atoms with van der Waals surface area (Å²) in [6.07, 6.45) is 1.32. The second-order valence-corrected chi connectivity index (χ2v) is 4.71. The number of anilines is 1. The summed E-state index contributed by atoms with van der Waals surface area (Å²) in [5, 5.41) is 2.64. The third-order valence-electron chi connectivity index (χ3n) is 2.98. The first-order chi connectivity index (χ1) is 10.1. The number of ether oxygens (including phenoxy) is 2. The smallest absolute Gasteiger partial charge is 0.411 e. The van der Waals surface area contributed by atoms with E-state index >= 15 is 0 Å². The monoisotopic (exact) mass is 286 g/mol. The zero-order valence-corrected chi connectivity index (χ0v) is 12.3. The van der Waals surface area contributed by atoms with Gasteiger partial charge in [-0.1, -0.05) is 6.07 Å². The molecule has 0 aliphatic heterocycles. The first-order valence-electron chi connectivity index (χ1n) is 6.58. The van der Waals surface area contributed by atoms with Gasteiger partial charge in [0.2, 0.25) is 0 Å². The van der Waals surface area contributed by atoms with E-state index in [1.54, 1.807) is 12.1 Å². The van der Waals surface area contributed by atoms with Gasteiger partial charge in [0.1, 0.15) is 12.4 Å². The summed E-state index contributed by atoms with van der Waals surface area (Å²) < 4.78 is 10.3. The predicted molar refractivity (Wildman–Crippen MR) is 80.5 cm³/mol. The van der Waals surface area contributed by atoms with Crippen LogP contribution in [0.3, 0.4) is 0 Å². The number of aryl methyl sites for hydroxylation is 2. The molecule has 0 aliphatic rings. The summed E-state index contributed by atoms with van der Waals surface area (Å²) in [6, 6.07) is 9.38. The number of aromatic nitrogens is 1. The molecule has 2 aromatic rings. The van der Waals surface area contributed by atoms with E-state index in [-0.39, 0.29) is 0 Å². The summed E-state index contributed by atoms with van der Waals surface area (Å²) >= 11 is 0. The molecule has 0 radical (unpaired) electrons. The van der Waals surface area contributed by atoms with E-state index < -0.39 is 6.09 Å². The second kappa shape index (κ2) is 6.74. The fourth-order valence-electron chi connectivity index (χ4n) is 1.77. The number of nitrogens with one attached hydrogen (secondary N) is 1. The van der Waals surface area contributed by atoms with Gasteiger partial charge < -0.3 is 9.47 Å². The Morgan fingerprint density at radius 2 is 2.05 bits per heavy atom. The van der Waals surface area contributed by atoms with Crippen LogP contribution in [0.4, 0.5) is 10.5 Å². The average molecular weight is 286 g/mol. The maximum absolute atomic E-state index is 11.2. The summed E-state index contributed by atoms with van der Waals surface area (Å²) in [7, 11) is 1.33. The zero-order chi connectivity index (χ0) is 15.2. The number of nitrogens with zero attached hydrogens (tertiary/aromatic N) is 1. The average Bonchev–Trinajstić information content (AvgIpc) is 2.49. The third kappa shape index (κ3) is 4.21. The van der Waals surface area contributed by atoms with Crippen molar-refractivity contribution in [2.75, 3.05) is 12.4 Å². The van der Waals surface area contributed by atoms with Crippen molar-refractivity contribution < 1.29 is 14.3 Å². The van der Waals surface area contributed by atoms with E-state index in [0.717, 1.165) is 22.6 Å². The van der Waals surface area contributed by atoms with Gasteiger partial charge in [0.25, 0.3) is 0 Å². The van der Waals surface area contributed by atoms with Gasteiger partial charge in [0.05, 0.1) is 12.8 Å². The van der Waals surface area contributed by atoms with Gasteiger partial charge >= 0.3 is 6.09 Å². The van der Waals surface area contributed by atoms with Gasteiger partial charge in [-0.05, 0) is 49.2 Å². The van der Waals surface area contributed by atoms with Crippen molar-refractivity contribution in [3.05, 3.63) is 53.3 Å². The van der Waals surface area contributed by atoms with Crippen molar-refractivity contribution in [3.63, 3.8) is 0 Å². The highest BCUT2D eigenvalue weighted by Gasteiger charge is 2.05. The Labute approximate surface area is 123 Å². The van der Waals surface area contributed by atoms with Crippen molar-refractivity contribution in [3.8, 4) is 5.75 Å². The fourth-order valence-corrected chi connectivity index (χ4v) is 1.77. The molecule has 0 spiro atoms. The Bertz CT molecular complexity index is 624. The van der Waals surface area contributed by atoms with E-state index in [2.05, 4.69) is 15.0 Å². The van der Waals surface area contributed by atoms with Crippen LogP contribution in [0.25, 0.3) is 0 Å². The van der Waals surface area contributed by atoms with Crippen molar-refractivity contribution in [2.45, 2.75) is 20.5 Å². The molecule has 0 bridgehead atoms. The molecule has 1 heterocycles. The Morgan fingerprint density at radius 1 is 1.24 bits per heavy atom. The van der Waals surface area contributed by atoms with Gasteiger partial charge in [0.15, 0.2) is 0 Å². The lowest BCUT2D eigenvalue weighted by atomic mass is 10.2. The molecule has 1 aromatic heterocycles. The number of benzene rings is 1. The predicted octanol–water partition coefficient (Wildman–Crippen LogP) is 3.46. The van der Waals surface area contributed by atoms with Crippen LogP contribution >= 0.6 is 0 Å². The molecule has 0 atom stereocenters. The lowest BCUT2D eigenvalue weighted by Crippen LogP contribution is -2.11. The molecule has 5 nitrogen and oxygen atoms in total. The third-order valence-corrected chi connectivity index (χ3v) is 2.98. The number of amides is 1. The van der Waals surface area contributed by atoms with Gasteiger partial charge in [0, 0.05) is 11.9 Å².